The number of ether oxygens (including phenoxy) is 2. The molecule has 0 saturated carbocycles. The number of aromatic amines is 1. The number of rotatable bonds is 11. The second kappa shape index (κ2) is 12.5. The Kier molecular flexibility index (Phi) is 9.22. The smallest absolute Gasteiger partial charge is 0.348 e. The molecular weight excluding hydrogens is 490 g/mol. The molecule has 0 aliphatic rings. The van der Waals surface area contributed by atoms with Crippen molar-refractivity contribution < 1.29 is 19.1 Å². The number of hydrogen-bond donors (Lipinski definition) is 3. The van der Waals surface area contributed by atoms with Gasteiger partial charge >= 0.3 is 5.97 Å². The van der Waals surface area contributed by atoms with E-state index in [0.29, 0.717) is 33.2 Å². The lowest BCUT2D eigenvalue weighted by molar-refractivity contribution is -0.113. The SMILES string of the molecule is CCOC(=O)c1sc(NC(=O)CSc2n[nH]c(N/N=C/c3ccc(OCC)cc3)n2)c(C#N)c1C. The number of nitriles is 1. The highest BCUT2D eigenvalue weighted by Gasteiger charge is 2.22. The van der Waals surface area contributed by atoms with E-state index >= 15 is 0 Å². The van der Waals surface area contributed by atoms with Crippen LogP contribution in [-0.4, -0.2) is 52.2 Å². The molecule has 0 radical (unpaired) electrons. The van der Waals surface area contributed by atoms with Crippen molar-refractivity contribution in [3.8, 4) is 11.8 Å². The summed E-state index contributed by atoms with van der Waals surface area (Å²) < 4.78 is 10.4. The number of H-pyrrole nitrogens is 1. The highest BCUT2D eigenvalue weighted by Crippen LogP contribution is 2.33. The van der Waals surface area contributed by atoms with Gasteiger partial charge in [0.2, 0.25) is 17.0 Å². The highest BCUT2D eigenvalue weighted by atomic mass is 32.2. The summed E-state index contributed by atoms with van der Waals surface area (Å²) in [5, 5.41) is 23.6. The molecule has 11 nitrogen and oxygen atoms in total. The Morgan fingerprint density at radius 1 is 1.29 bits per heavy atom. The number of nitrogens with zero attached hydrogens (tertiary/aromatic N) is 4. The quantitative estimate of drug-likeness (QED) is 0.150. The van der Waals surface area contributed by atoms with Crippen LogP contribution < -0.4 is 15.5 Å². The molecule has 0 fully saturated rings. The summed E-state index contributed by atoms with van der Waals surface area (Å²) in [4.78, 5) is 29.0. The number of carbonyl (C=O) groups excluding carboxylic acids is 2. The van der Waals surface area contributed by atoms with Gasteiger partial charge in [-0.15, -0.1) is 16.4 Å². The van der Waals surface area contributed by atoms with Crippen molar-refractivity contribution >= 4 is 52.1 Å². The lowest BCUT2D eigenvalue weighted by Crippen LogP contribution is -2.14. The van der Waals surface area contributed by atoms with E-state index in [0.717, 1.165) is 34.4 Å². The van der Waals surface area contributed by atoms with Gasteiger partial charge < -0.3 is 14.8 Å². The van der Waals surface area contributed by atoms with Gasteiger partial charge in [0.1, 0.15) is 21.7 Å². The zero-order valence-corrected chi connectivity index (χ0v) is 20.9. The predicted octanol–water partition coefficient (Wildman–Crippen LogP) is 3.80. The van der Waals surface area contributed by atoms with Gasteiger partial charge in [-0.25, -0.2) is 15.3 Å². The van der Waals surface area contributed by atoms with E-state index in [1.807, 2.05) is 37.3 Å². The van der Waals surface area contributed by atoms with Crippen molar-refractivity contribution in [2.75, 3.05) is 29.7 Å². The van der Waals surface area contributed by atoms with Crippen LogP contribution in [0.4, 0.5) is 10.9 Å². The fourth-order valence-electron chi connectivity index (χ4n) is 2.77. The van der Waals surface area contributed by atoms with Gasteiger partial charge in [0.05, 0.1) is 30.7 Å². The number of thiophene rings is 1. The third kappa shape index (κ3) is 7.05. The zero-order valence-electron chi connectivity index (χ0n) is 19.2. The Balaban J connectivity index is 1.52. The van der Waals surface area contributed by atoms with Crippen molar-refractivity contribution in [1.29, 1.82) is 5.26 Å². The first-order valence-corrected chi connectivity index (χ1v) is 12.3. The number of thioether (sulfide) groups is 1. The van der Waals surface area contributed by atoms with Crippen LogP contribution >= 0.6 is 23.1 Å². The average Bonchev–Trinajstić information content (AvgIpc) is 3.43. The average molecular weight is 514 g/mol. The standard InChI is InChI=1S/C22H23N7O4S2/c1-4-32-15-8-6-14(7-9-15)11-24-27-21-26-22(29-28-21)34-12-17(30)25-19-16(10-23)13(3)18(35-19)20(31)33-5-2/h6-9,11H,4-5,12H2,1-3H3,(H,25,30)(H2,26,27,28,29)/b24-11+. The number of amides is 1. The van der Waals surface area contributed by atoms with Crippen LogP contribution in [0.1, 0.15) is 40.2 Å². The summed E-state index contributed by atoms with van der Waals surface area (Å²) in [6.45, 7) is 6.09. The largest absolute Gasteiger partial charge is 0.494 e. The van der Waals surface area contributed by atoms with E-state index in [1.54, 1.807) is 20.1 Å². The van der Waals surface area contributed by atoms with Crippen molar-refractivity contribution in [3.63, 3.8) is 0 Å². The molecule has 1 aromatic carbocycles. The molecule has 182 valence electrons. The second-order valence-corrected chi connectivity index (χ2v) is 8.73. The summed E-state index contributed by atoms with van der Waals surface area (Å²) in [6.07, 6.45) is 1.62. The maximum atomic E-state index is 12.4. The first-order valence-electron chi connectivity index (χ1n) is 10.5. The number of benzene rings is 1. The minimum absolute atomic E-state index is 0.00327. The van der Waals surface area contributed by atoms with Crippen molar-refractivity contribution in [2.45, 2.75) is 25.9 Å². The Morgan fingerprint density at radius 2 is 2.06 bits per heavy atom. The predicted molar refractivity (Wildman–Crippen MR) is 134 cm³/mol. The number of carbonyl (C=O) groups is 2. The third-order valence-corrected chi connectivity index (χ3v) is 6.38. The van der Waals surface area contributed by atoms with Gasteiger partial charge in [-0.05, 0) is 56.2 Å². The maximum Gasteiger partial charge on any atom is 0.348 e. The molecule has 3 rings (SSSR count). The third-order valence-electron chi connectivity index (χ3n) is 4.34. The molecule has 3 aromatic rings. The van der Waals surface area contributed by atoms with E-state index in [9.17, 15) is 14.9 Å². The molecule has 0 unspecified atom stereocenters. The van der Waals surface area contributed by atoms with Crippen molar-refractivity contribution in [2.24, 2.45) is 5.10 Å². The zero-order chi connectivity index (χ0) is 25.2. The fraction of sp³-hybridized carbons (Fsp3) is 0.273. The van der Waals surface area contributed by atoms with Crippen LogP contribution in [0.2, 0.25) is 0 Å². The molecule has 2 heterocycles. The molecule has 13 heteroatoms. The van der Waals surface area contributed by atoms with Gasteiger partial charge in [0, 0.05) is 0 Å². The number of esters is 1. The van der Waals surface area contributed by atoms with Gasteiger partial charge in [-0.1, -0.05) is 11.8 Å². The van der Waals surface area contributed by atoms with E-state index in [4.69, 9.17) is 9.47 Å². The monoisotopic (exact) mass is 513 g/mol. The summed E-state index contributed by atoms with van der Waals surface area (Å²) in [5.74, 6) is 0.220. The summed E-state index contributed by atoms with van der Waals surface area (Å²) in [6, 6.07) is 9.48. The maximum absolute atomic E-state index is 12.4. The van der Waals surface area contributed by atoms with Gasteiger partial charge in [-0.3, -0.25) is 4.79 Å². The molecule has 1 amide bonds. The van der Waals surface area contributed by atoms with Crippen molar-refractivity contribution in [1.82, 2.24) is 15.2 Å². The van der Waals surface area contributed by atoms with Crippen LogP contribution in [0.15, 0.2) is 34.5 Å². The highest BCUT2D eigenvalue weighted by molar-refractivity contribution is 7.99. The summed E-state index contributed by atoms with van der Waals surface area (Å²) in [7, 11) is 0. The van der Waals surface area contributed by atoms with E-state index in [1.165, 1.54) is 0 Å². The molecular formula is C22H23N7O4S2. The molecule has 0 bridgehead atoms. The normalized spacial score (nSPS) is 10.7. The van der Waals surface area contributed by atoms with Crippen molar-refractivity contribution in [3.05, 3.63) is 45.8 Å². The minimum Gasteiger partial charge on any atom is -0.494 e. The first-order chi connectivity index (χ1) is 16.9. The first kappa shape index (κ1) is 25.7. The second-order valence-electron chi connectivity index (χ2n) is 6.77. The Hall–Kier alpha value is -3.89. The molecule has 0 aliphatic carbocycles. The number of nitrogens with one attached hydrogen (secondary N) is 3. The molecule has 35 heavy (non-hydrogen) atoms. The Morgan fingerprint density at radius 3 is 2.74 bits per heavy atom. The van der Waals surface area contributed by atoms with Crippen LogP contribution in [0.25, 0.3) is 0 Å². The number of anilines is 2. The number of hydrazone groups is 1. The molecule has 0 aliphatic heterocycles. The molecule has 0 saturated heterocycles. The molecule has 2 aromatic heterocycles. The van der Waals surface area contributed by atoms with Gasteiger partial charge in [0.15, 0.2) is 0 Å². The lowest BCUT2D eigenvalue weighted by Gasteiger charge is -2.02. The van der Waals surface area contributed by atoms with E-state index in [2.05, 4.69) is 31.0 Å². The number of aromatic nitrogens is 3. The summed E-state index contributed by atoms with van der Waals surface area (Å²) >= 11 is 2.12. The fourth-order valence-corrected chi connectivity index (χ4v) is 4.43. The van der Waals surface area contributed by atoms with E-state index < -0.39 is 5.97 Å². The van der Waals surface area contributed by atoms with Crippen LogP contribution in [0, 0.1) is 18.3 Å². The van der Waals surface area contributed by atoms with Crippen LogP contribution in [-0.2, 0) is 9.53 Å². The minimum atomic E-state index is -0.521. The Labute approximate surface area is 209 Å². The van der Waals surface area contributed by atoms with Gasteiger partial charge in [-0.2, -0.15) is 15.3 Å². The lowest BCUT2D eigenvalue weighted by atomic mass is 10.2. The topological polar surface area (TPSA) is 154 Å². The van der Waals surface area contributed by atoms with Crippen LogP contribution in [0.3, 0.4) is 0 Å². The number of hydrogen-bond acceptors (Lipinski definition) is 11. The summed E-state index contributed by atoms with van der Waals surface area (Å²) in [5.41, 5.74) is 4.34. The molecule has 3 N–H and O–H groups in total. The molecule has 0 spiro atoms. The van der Waals surface area contributed by atoms with E-state index in [-0.39, 0.29) is 23.8 Å². The Bertz CT molecular complexity index is 1250. The van der Waals surface area contributed by atoms with Gasteiger partial charge in [0.25, 0.3) is 0 Å². The van der Waals surface area contributed by atoms with Crippen LogP contribution in [0.5, 0.6) is 5.75 Å². The molecule has 0 atom stereocenters.